The third-order valence-electron chi connectivity index (χ3n) is 5.90. The van der Waals surface area contributed by atoms with Gasteiger partial charge >= 0.3 is 5.97 Å². The Morgan fingerprint density at radius 3 is 2.58 bits per heavy atom. The molecule has 1 amide bonds. The molecule has 0 aromatic carbocycles. The maximum atomic E-state index is 12.6. The van der Waals surface area contributed by atoms with Crippen LogP contribution in [0.15, 0.2) is 35.3 Å². The third kappa shape index (κ3) is 9.80. The summed E-state index contributed by atoms with van der Waals surface area (Å²) in [7, 11) is 1.34. The molecule has 7 nitrogen and oxygen atoms in total. The smallest absolute Gasteiger partial charge is 0.310 e. The van der Waals surface area contributed by atoms with Crippen LogP contribution in [-0.2, 0) is 19.1 Å². The predicted molar refractivity (Wildman–Crippen MR) is 131 cm³/mol. The van der Waals surface area contributed by atoms with Gasteiger partial charge in [-0.05, 0) is 46.0 Å². The second-order valence-electron chi connectivity index (χ2n) is 9.25. The van der Waals surface area contributed by atoms with E-state index >= 15 is 0 Å². The van der Waals surface area contributed by atoms with Crippen LogP contribution in [0.25, 0.3) is 0 Å². The summed E-state index contributed by atoms with van der Waals surface area (Å²) in [5.41, 5.74) is 2.36. The Kier molecular flexibility index (Phi) is 11.3. The number of methoxy groups -OCH3 is 1. The molecule has 186 valence electrons. The molecule has 4 atom stereocenters. The topological polar surface area (TPSA) is 88.7 Å². The van der Waals surface area contributed by atoms with Crippen LogP contribution in [0.1, 0.15) is 59.8 Å². The number of hydrogen-bond donors (Lipinski definition) is 3. The summed E-state index contributed by atoms with van der Waals surface area (Å²) in [5, 5.41) is 9.77. The Bertz CT molecular complexity index is 763. The first kappa shape index (κ1) is 27.3. The summed E-state index contributed by atoms with van der Waals surface area (Å²) in [6.45, 7) is 8.85. The normalized spacial score (nSPS) is 24.5. The highest BCUT2D eigenvalue weighted by atomic mass is 35.5. The van der Waals surface area contributed by atoms with E-state index in [0.717, 1.165) is 37.8 Å². The van der Waals surface area contributed by atoms with Crippen molar-refractivity contribution in [3.63, 3.8) is 0 Å². The van der Waals surface area contributed by atoms with Gasteiger partial charge in [-0.2, -0.15) is 0 Å². The van der Waals surface area contributed by atoms with Gasteiger partial charge in [-0.3, -0.25) is 9.59 Å². The largest absolute Gasteiger partial charge is 0.469 e. The number of hydrogen-bond acceptors (Lipinski definition) is 6. The minimum atomic E-state index is -0.410. The number of amides is 1. The van der Waals surface area contributed by atoms with Gasteiger partial charge in [-0.1, -0.05) is 31.6 Å². The molecular formula is C25H40ClN3O4. The number of alkyl halides is 1. The standard InChI is InChI=1S/C25H40ClN3O4/c1-16(2)33-22-11-10-21(12-17(22)3)29-23(27-15-19-6-8-20(26)9-7-19)13-24(30)28-14-18(4)25(31)32-5/h6,12-13,16-18,20,22,27,29H,7-11,14-15H2,1-5H3,(H,28,30)/b23-13+/t17?,18-,20?,22?/m0/s1. The van der Waals surface area contributed by atoms with Gasteiger partial charge in [0.15, 0.2) is 0 Å². The van der Waals surface area contributed by atoms with Crippen molar-refractivity contribution in [3.8, 4) is 0 Å². The molecule has 0 aromatic heterocycles. The third-order valence-corrected chi connectivity index (χ3v) is 6.30. The monoisotopic (exact) mass is 481 g/mol. The van der Waals surface area contributed by atoms with Crippen molar-refractivity contribution < 1.29 is 19.1 Å². The molecule has 8 heteroatoms. The van der Waals surface area contributed by atoms with Gasteiger partial charge < -0.3 is 25.4 Å². The van der Waals surface area contributed by atoms with Crippen LogP contribution in [0, 0.1) is 11.8 Å². The average Bonchev–Trinajstić information content (AvgIpc) is 2.77. The fraction of sp³-hybridized carbons (Fsp3) is 0.680. The van der Waals surface area contributed by atoms with E-state index in [1.54, 1.807) is 6.92 Å². The maximum Gasteiger partial charge on any atom is 0.310 e. The van der Waals surface area contributed by atoms with E-state index in [0.29, 0.717) is 12.4 Å². The van der Waals surface area contributed by atoms with Crippen molar-refractivity contribution in [1.29, 1.82) is 0 Å². The Hall–Kier alpha value is -1.99. The Morgan fingerprint density at radius 2 is 1.97 bits per heavy atom. The lowest BCUT2D eigenvalue weighted by atomic mass is 9.92. The van der Waals surface area contributed by atoms with Crippen molar-refractivity contribution in [2.45, 2.75) is 77.4 Å². The molecule has 0 saturated heterocycles. The lowest BCUT2D eigenvalue weighted by Gasteiger charge is -2.30. The lowest BCUT2D eigenvalue weighted by Crippen LogP contribution is -2.35. The minimum absolute atomic E-state index is 0.199. The molecular weight excluding hydrogens is 442 g/mol. The van der Waals surface area contributed by atoms with E-state index in [-0.39, 0.29) is 41.9 Å². The van der Waals surface area contributed by atoms with Gasteiger partial charge in [0.2, 0.25) is 5.91 Å². The minimum Gasteiger partial charge on any atom is -0.469 e. The van der Waals surface area contributed by atoms with Gasteiger partial charge in [0.05, 0.1) is 25.2 Å². The summed E-state index contributed by atoms with van der Waals surface area (Å²) in [6.07, 6.45) is 10.8. The first-order valence-electron chi connectivity index (χ1n) is 11.9. The van der Waals surface area contributed by atoms with Crippen molar-refractivity contribution in [2.75, 3.05) is 20.2 Å². The van der Waals surface area contributed by atoms with E-state index in [1.807, 2.05) is 0 Å². The Morgan fingerprint density at radius 1 is 1.21 bits per heavy atom. The molecule has 0 radical (unpaired) electrons. The van der Waals surface area contributed by atoms with Gasteiger partial charge in [0.25, 0.3) is 0 Å². The van der Waals surface area contributed by atoms with E-state index in [1.165, 1.54) is 18.8 Å². The maximum absolute atomic E-state index is 12.6. The van der Waals surface area contributed by atoms with Crippen molar-refractivity contribution in [1.82, 2.24) is 16.0 Å². The van der Waals surface area contributed by atoms with Crippen LogP contribution < -0.4 is 16.0 Å². The van der Waals surface area contributed by atoms with Crippen molar-refractivity contribution >= 4 is 23.5 Å². The molecule has 0 heterocycles. The molecule has 3 N–H and O–H groups in total. The van der Waals surface area contributed by atoms with E-state index in [2.05, 4.69) is 48.9 Å². The number of carbonyl (C=O) groups excluding carboxylic acids is 2. The first-order chi connectivity index (χ1) is 15.7. The fourth-order valence-electron chi connectivity index (χ4n) is 3.96. The quantitative estimate of drug-likeness (QED) is 0.180. The van der Waals surface area contributed by atoms with E-state index in [9.17, 15) is 9.59 Å². The second kappa shape index (κ2) is 13.7. The SMILES string of the molecule is COC(=O)[C@@H](C)CNC(=O)/C=C(\NCC1=CCC(Cl)CC1)NC1=CC(C)C(OC(C)C)CC1. The fourth-order valence-corrected chi connectivity index (χ4v) is 4.16. The van der Waals surface area contributed by atoms with Gasteiger partial charge in [-0.15, -0.1) is 11.6 Å². The van der Waals surface area contributed by atoms with Crippen LogP contribution in [0.5, 0.6) is 0 Å². The van der Waals surface area contributed by atoms with Crippen LogP contribution in [0.3, 0.4) is 0 Å². The number of rotatable bonds is 11. The van der Waals surface area contributed by atoms with E-state index < -0.39 is 5.92 Å². The van der Waals surface area contributed by atoms with Crippen molar-refractivity contribution in [3.05, 3.63) is 35.3 Å². The summed E-state index contributed by atoms with van der Waals surface area (Å²) in [5.74, 6) is -0.121. The summed E-state index contributed by atoms with van der Waals surface area (Å²) >= 11 is 6.20. The van der Waals surface area contributed by atoms with Gasteiger partial charge in [0.1, 0.15) is 5.82 Å². The molecule has 2 aliphatic carbocycles. The first-order valence-corrected chi connectivity index (χ1v) is 12.4. The summed E-state index contributed by atoms with van der Waals surface area (Å²) in [6, 6.07) is 0. The predicted octanol–water partition coefficient (Wildman–Crippen LogP) is 3.76. The lowest BCUT2D eigenvalue weighted by molar-refractivity contribution is -0.144. The number of esters is 1. The molecule has 2 aliphatic rings. The van der Waals surface area contributed by atoms with Crippen LogP contribution in [-0.4, -0.2) is 49.7 Å². The highest BCUT2D eigenvalue weighted by Crippen LogP contribution is 2.26. The number of ether oxygens (including phenoxy) is 2. The number of allylic oxidation sites excluding steroid dienone is 2. The second-order valence-corrected chi connectivity index (χ2v) is 9.87. The average molecular weight is 482 g/mol. The zero-order valence-corrected chi connectivity index (χ0v) is 21.3. The number of nitrogens with one attached hydrogen (secondary N) is 3. The zero-order chi connectivity index (χ0) is 24.4. The number of carbonyl (C=O) groups is 2. The van der Waals surface area contributed by atoms with E-state index in [4.69, 9.17) is 21.1 Å². The molecule has 0 aromatic rings. The molecule has 0 bridgehead atoms. The highest BCUT2D eigenvalue weighted by Gasteiger charge is 2.23. The van der Waals surface area contributed by atoms with Gasteiger partial charge in [-0.25, -0.2) is 0 Å². The van der Waals surface area contributed by atoms with Crippen LogP contribution in [0.4, 0.5) is 0 Å². The van der Waals surface area contributed by atoms with Crippen molar-refractivity contribution in [2.24, 2.45) is 11.8 Å². The van der Waals surface area contributed by atoms with Crippen LogP contribution in [0.2, 0.25) is 0 Å². The Labute approximate surface area is 203 Å². The molecule has 3 unspecified atom stereocenters. The van der Waals surface area contributed by atoms with Crippen LogP contribution >= 0.6 is 11.6 Å². The highest BCUT2D eigenvalue weighted by molar-refractivity contribution is 6.20. The summed E-state index contributed by atoms with van der Waals surface area (Å²) in [4.78, 5) is 24.1. The molecule has 0 spiro atoms. The molecule has 0 aliphatic heterocycles. The Balaban J connectivity index is 2.04. The zero-order valence-electron chi connectivity index (χ0n) is 20.6. The summed E-state index contributed by atoms with van der Waals surface area (Å²) < 4.78 is 10.7. The molecule has 2 rings (SSSR count). The van der Waals surface area contributed by atoms with Gasteiger partial charge in [0, 0.05) is 36.2 Å². The molecule has 0 fully saturated rings. The number of halogens is 1. The molecule has 0 saturated carbocycles. The molecule has 33 heavy (non-hydrogen) atoms.